The Morgan fingerprint density at radius 2 is 1.55 bits per heavy atom. The first-order chi connectivity index (χ1) is 10.4. The zero-order valence-corrected chi connectivity index (χ0v) is 14.8. The Kier molecular flexibility index (Phi) is 5.65. The van der Waals surface area contributed by atoms with E-state index in [0.717, 1.165) is 0 Å². The molecule has 22 heavy (non-hydrogen) atoms. The molecular weight excluding hydrogens is 389 g/mol. The molecule has 0 unspecified atom stereocenters. The first kappa shape index (κ1) is 17.5. The van der Waals surface area contributed by atoms with E-state index < -0.39 is 0 Å². The quantitative estimate of drug-likeness (QED) is 0.466. The van der Waals surface area contributed by atoms with E-state index in [-0.39, 0.29) is 31.5 Å². The van der Waals surface area contributed by atoms with Gasteiger partial charge in [-0.15, -0.1) is 0 Å². The number of nitrogens with zero attached hydrogens (tertiary/aromatic N) is 2. The van der Waals surface area contributed by atoms with Crippen LogP contribution in [0.3, 0.4) is 0 Å². The molecule has 0 spiro atoms. The average Bonchev–Trinajstić information content (AvgIpc) is 2.52. The largest absolute Gasteiger partial charge is 0.495 e. The van der Waals surface area contributed by atoms with Gasteiger partial charge in [0.1, 0.15) is 5.75 Å². The van der Waals surface area contributed by atoms with E-state index in [9.17, 15) is 0 Å². The molecule has 1 heterocycles. The van der Waals surface area contributed by atoms with Gasteiger partial charge in [-0.2, -0.15) is 5.26 Å². The molecule has 0 N–H and O–H groups in total. The first-order valence-corrected chi connectivity index (χ1v) is 7.72. The number of pyridine rings is 1. The monoisotopic (exact) mass is 394 g/mol. The Balaban J connectivity index is 2.87. The number of nitriles is 1. The number of aromatic nitrogens is 1. The van der Waals surface area contributed by atoms with Crippen LogP contribution >= 0.6 is 58.0 Å². The van der Waals surface area contributed by atoms with Gasteiger partial charge in [0.25, 0.3) is 0 Å². The van der Waals surface area contributed by atoms with E-state index in [1.54, 1.807) is 0 Å². The molecule has 0 saturated carbocycles. The molecule has 0 aliphatic carbocycles. The number of methoxy groups -OCH3 is 1. The zero-order chi connectivity index (χ0) is 16.4. The Hall–Kier alpha value is -0.890. The molecule has 1 aromatic carbocycles. The summed E-state index contributed by atoms with van der Waals surface area (Å²) in [6.45, 7) is 0. The van der Waals surface area contributed by atoms with Gasteiger partial charge < -0.3 is 4.74 Å². The molecule has 0 amide bonds. The lowest BCUT2D eigenvalue weighted by atomic mass is 9.99. The second-order valence-electron chi connectivity index (χ2n) is 4.15. The van der Waals surface area contributed by atoms with Crippen molar-refractivity contribution >= 4 is 58.0 Å². The topological polar surface area (TPSA) is 45.9 Å². The van der Waals surface area contributed by atoms with Crippen LogP contribution in [0, 0.1) is 11.3 Å². The van der Waals surface area contributed by atoms with Gasteiger partial charge >= 0.3 is 0 Å². The summed E-state index contributed by atoms with van der Waals surface area (Å²) >= 11 is 30.7. The van der Waals surface area contributed by atoms with Crippen molar-refractivity contribution in [3.8, 4) is 22.9 Å². The molecule has 3 nitrogen and oxygen atoms in total. The highest BCUT2D eigenvalue weighted by atomic mass is 35.5. The van der Waals surface area contributed by atoms with Crippen molar-refractivity contribution in [2.45, 2.75) is 6.42 Å². The van der Waals surface area contributed by atoms with Crippen molar-refractivity contribution in [1.29, 1.82) is 5.26 Å². The highest BCUT2D eigenvalue weighted by molar-refractivity contribution is 6.56. The SMILES string of the molecule is COc1cncc(-c2c(Cl)c(Cl)c(Cl)c(Cl)c2Cl)c1CC#N. The molecule has 8 heteroatoms. The molecule has 2 aromatic rings. The Bertz CT molecular complexity index is 757. The minimum absolute atomic E-state index is 0.0692. The molecule has 0 aliphatic heterocycles. The fourth-order valence-corrected chi connectivity index (χ4v) is 3.30. The van der Waals surface area contributed by atoms with Gasteiger partial charge in [-0.05, 0) is 0 Å². The summed E-state index contributed by atoms with van der Waals surface area (Å²) in [7, 11) is 1.48. The van der Waals surface area contributed by atoms with Crippen molar-refractivity contribution in [1.82, 2.24) is 4.98 Å². The van der Waals surface area contributed by atoms with Crippen molar-refractivity contribution in [2.24, 2.45) is 0 Å². The van der Waals surface area contributed by atoms with Crippen molar-refractivity contribution in [3.63, 3.8) is 0 Å². The van der Waals surface area contributed by atoms with Gasteiger partial charge in [0.2, 0.25) is 0 Å². The Morgan fingerprint density at radius 3 is 2.05 bits per heavy atom. The number of hydrogen-bond donors (Lipinski definition) is 0. The lowest BCUT2D eigenvalue weighted by molar-refractivity contribution is 0.409. The minimum Gasteiger partial charge on any atom is -0.495 e. The fourth-order valence-electron chi connectivity index (χ4n) is 1.96. The van der Waals surface area contributed by atoms with Crippen molar-refractivity contribution in [2.75, 3.05) is 7.11 Å². The van der Waals surface area contributed by atoms with E-state index in [0.29, 0.717) is 22.4 Å². The standard InChI is InChI=1S/C14H7Cl5N2O/c1-22-8-5-21-4-7(6(8)2-3-20)9-10(15)12(17)14(19)13(18)11(9)16/h4-5H,2H2,1H3. The highest BCUT2D eigenvalue weighted by Crippen LogP contribution is 2.49. The molecule has 2 rings (SSSR count). The van der Waals surface area contributed by atoms with Gasteiger partial charge in [-0.1, -0.05) is 58.0 Å². The molecule has 0 radical (unpaired) electrons. The highest BCUT2D eigenvalue weighted by Gasteiger charge is 2.23. The van der Waals surface area contributed by atoms with Crippen LogP contribution in [0.5, 0.6) is 5.75 Å². The molecular formula is C14H7Cl5N2O. The van der Waals surface area contributed by atoms with E-state index in [4.69, 9.17) is 68.0 Å². The smallest absolute Gasteiger partial charge is 0.142 e. The molecule has 1 aromatic heterocycles. The maximum absolute atomic E-state index is 9.04. The average molecular weight is 396 g/mol. The van der Waals surface area contributed by atoms with E-state index in [1.807, 2.05) is 0 Å². The van der Waals surface area contributed by atoms with Gasteiger partial charge in [-0.25, -0.2) is 0 Å². The number of halogens is 5. The Morgan fingerprint density at radius 1 is 1.00 bits per heavy atom. The normalized spacial score (nSPS) is 10.4. The van der Waals surface area contributed by atoms with Crippen molar-refractivity contribution < 1.29 is 4.74 Å². The molecule has 114 valence electrons. The Labute approximate surface area is 152 Å². The fraction of sp³-hybridized carbons (Fsp3) is 0.143. The number of benzene rings is 1. The number of hydrogen-bond acceptors (Lipinski definition) is 3. The van der Waals surface area contributed by atoms with Gasteiger partial charge in [-0.3, -0.25) is 4.98 Å². The predicted molar refractivity (Wildman–Crippen MR) is 90.6 cm³/mol. The summed E-state index contributed by atoms with van der Waals surface area (Å²) in [5, 5.41) is 9.54. The van der Waals surface area contributed by atoms with E-state index in [1.165, 1.54) is 19.5 Å². The summed E-state index contributed by atoms with van der Waals surface area (Å²) in [6, 6.07) is 2.06. The molecule has 0 saturated heterocycles. The van der Waals surface area contributed by atoms with Crippen LogP contribution in [0.15, 0.2) is 12.4 Å². The van der Waals surface area contributed by atoms with Crippen LogP contribution in [-0.4, -0.2) is 12.1 Å². The summed E-state index contributed by atoms with van der Waals surface area (Å²) < 4.78 is 5.23. The zero-order valence-electron chi connectivity index (χ0n) is 11.1. The van der Waals surface area contributed by atoms with Crippen LogP contribution in [0.2, 0.25) is 25.1 Å². The number of ether oxygens (including phenoxy) is 1. The summed E-state index contributed by atoms with van der Waals surface area (Å²) in [5.74, 6) is 0.438. The third kappa shape index (κ3) is 2.95. The van der Waals surface area contributed by atoms with Crippen LogP contribution in [0.1, 0.15) is 5.56 Å². The third-order valence-corrected chi connectivity index (χ3v) is 5.25. The van der Waals surface area contributed by atoms with Gasteiger partial charge in [0.15, 0.2) is 0 Å². The lowest BCUT2D eigenvalue weighted by Gasteiger charge is -2.16. The van der Waals surface area contributed by atoms with Gasteiger partial charge in [0.05, 0.1) is 50.9 Å². The molecule has 0 aliphatic rings. The van der Waals surface area contributed by atoms with Crippen LogP contribution in [-0.2, 0) is 6.42 Å². The second-order valence-corrected chi connectivity index (χ2v) is 6.04. The maximum Gasteiger partial charge on any atom is 0.142 e. The summed E-state index contributed by atoms with van der Waals surface area (Å²) in [6.07, 6.45) is 3.09. The first-order valence-electron chi connectivity index (χ1n) is 5.83. The lowest BCUT2D eigenvalue weighted by Crippen LogP contribution is -1.98. The van der Waals surface area contributed by atoms with Crippen LogP contribution < -0.4 is 4.74 Å². The molecule has 0 bridgehead atoms. The minimum atomic E-state index is 0.0692. The molecule has 0 fully saturated rings. The van der Waals surface area contributed by atoms with E-state index >= 15 is 0 Å². The summed E-state index contributed by atoms with van der Waals surface area (Å²) in [5.41, 5.74) is 1.45. The summed E-state index contributed by atoms with van der Waals surface area (Å²) in [4.78, 5) is 4.07. The number of rotatable bonds is 3. The van der Waals surface area contributed by atoms with Crippen LogP contribution in [0.25, 0.3) is 11.1 Å². The van der Waals surface area contributed by atoms with E-state index in [2.05, 4.69) is 11.1 Å². The van der Waals surface area contributed by atoms with Gasteiger partial charge in [0, 0.05) is 22.9 Å². The van der Waals surface area contributed by atoms with Crippen LogP contribution in [0.4, 0.5) is 0 Å². The second kappa shape index (κ2) is 7.12. The molecule has 0 atom stereocenters. The van der Waals surface area contributed by atoms with Crippen molar-refractivity contribution in [3.05, 3.63) is 43.1 Å². The maximum atomic E-state index is 9.04. The third-order valence-electron chi connectivity index (χ3n) is 2.97. The predicted octanol–water partition coefficient (Wildman–Crippen LogP) is 6.09.